The maximum absolute atomic E-state index is 9.20. The van der Waals surface area contributed by atoms with Gasteiger partial charge in [-0.3, -0.25) is 5.32 Å². The molecule has 3 heteroatoms. The van der Waals surface area contributed by atoms with Crippen LogP contribution in [0.5, 0.6) is 0 Å². The number of rotatable bonds is 2. The number of nitriles is 1. The summed E-state index contributed by atoms with van der Waals surface area (Å²) in [5.41, 5.74) is -0.394. The van der Waals surface area contributed by atoms with Gasteiger partial charge in [0.1, 0.15) is 5.54 Å². The van der Waals surface area contributed by atoms with Gasteiger partial charge in [0.2, 0.25) is 0 Å². The molecule has 2 fully saturated rings. The van der Waals surface area contributed by atoms with E-state index in [2.05, 4.69) is 11.4 Å². The van der Waals surface area contributed by atoms with Gasteiger partial charge in [-0.2, -0.15) is 5.26 Å². The Balaban J connectivity index is 1.96. The predicted octanol–water partition coefficient (Wildman–Crippen LogP) is 1.59. The van der Waals surface area contributed by atoms with Crippen molar-refractivity contribution in [2.75, 3.05) is 6.61 Å². The zero-order valence-corrected chi connectivity index (χ0v) is 8.75. The minimum absolute atomic E-state index is 0.226. The van der Waals surface area contributed by atoms with Gasteiger partial charge in [-0.05, 0) is 19.8 Å². The Morgan fingerprint density at radius 1 is 1.43 bits per heavy atom. The van der Waals surface area contributed by atoms with Crippen molar-refractivity contribution in [2.45, 2.75) is 56.7 Å². The molecular formula is C11H18N2O. The second-order valence-electron chi connectivity index (χ2n) is 4.65. The highest BCUT2D eigenvalue weighted by molar-refractivity contribution is 5.12. The summed E-state index contributed by atoms with van der Waals surface area (Å²) in [6.45, 7) is 2.59. The number of hydrogen-bond donors (Lipinski definition) is 1. The largest absolute Gasteiger partial charge is 0.375 e. The van der Waals surface area contributed by atoms with Crippen LogP contribution in [-0.4, -0.2) is 24.3 Å². The van der Waals surface area contributed by atoms with Crippen molar-refractivity contribution in [3.8, 4) is 6.07 Å². The quantitative estimate of drug-likeness (QED) is 0.726. The highest BCUT2D eigenvalue weighted by Gasteiger charge is 2.40. The molecule has 1 saturated heterocycles. The van der Waals surface area contributed by atoms with Gasteiger partial charge in [0.15, 0.2) is 0 Å². The second-order valence-corrected chi connectivity index (χ2v) is 4.65. The van der Waals surface area contributed by atoms with Crippen LogP contribution in [0.25, 0.3) is 0 Å². The molecule has 2 aliphatic rings. The van der Waals surface area contributed by atoms with Crippen LogP contribution in [0.1, 0.15) is 39.0 Å². The molecule has 0 aromatic heterocycles. The van der Waals surface area contributed by atoms with Gasteiger partial charge in [-0.15, -0.1) is 0 Å². The van der Waals surface area contributed by atoms with E-state index in [1.54, 1.807) is 0 Å². The summed E-state index contributed by atoms with van der Waals surface area (Å²) in [5.74, 6) is 0. The molecular weight excluding hydrogens is 176 g/mol. The molecule has 0 bridgehead atoms. The molecule has 0 aromatic carbocycles. The van der Waals surface area contributed by atoms with E-state index in [0.29, 0.717) is 12.6 Å². The maximum atomic E-state index is 9.20. The molecule has 2 rings (SSSR count). The van der Waals surface area contributed by atoms with Crippen LogP contribution >= 0.6 is 0 Å². The van der Waals surface area contributed by atoms with Crippen molar-refractivity contribution in [2.24, 2.45) is 0 Å². The lowest BCUT2D eigenvalue weighted by atomic mass is 9.96. The van der Waals surface area contributed by atoms with E-state index < -0.39 is 5.54 Å². The van der Waals surface area contributed by atoms with Gasteiger partial charge in [0.25, 0.3) is 0 Å². The molecule has 1 aliphatic carbocycles. The molecule has 0 radical (unpaired) electrons. The summed E-state index contributed by atoms with van der Waals surface area (Å²) in [5, 5.41) is 12.7. The Kier molecular flexibility index (Phi) is 2.76. The van der Waals surface area contributed by atoms with Crippen molar-refractivity contribution in [1.82, 2.24) is 5.32 Å². The van der Waals surface area contributed by atoms with Crippen molar-refractivity contribution in [3.05, 3.63) is 0 Å². The number of ether oxygens (including phenoxy) is 1. The van der Waals surface area contributed by atoms with Crippen molar-refractivity contribution >= 4 is 0 Å². The standard InChI is InChI=1S/C11H18N2O/c1-9-6-11(7-12,8-14-9)13-10-4-2-3-5-10/h9-10,13H,2-6,8H2,1H3. The average Bonchev–Trinajstić information content (AvgIpc) is 2.77. The highest BCUT2D eigenvalue weighted by atomic mass is 16.5. The Morgan fingerprint density at radius 2 is 2.14 bits per heavy atom. The molecule has 78 valence electrons. The van der Waals surface area contributed by atoms with Crippen molar-refractivity contribution in [3.63, 3.8) is 0 Å². The normalized spacial score (nSPS) is 38.7. The average molecular weight is 194 g/mol. The van der Waals surface area contributed by atoms with E-state index in [-0.39, 0.29) is 6.10 Å². The first-order valence-corrected chi connectivity index (χ1v) is 5.55. The smallest absolute Gasteiger partial charge is 0.132 e. The molecule has 2 unspecified atom stereocenters. The lowest BCUT2D eigenvalue weighted by Crippen LogP contribution is -2.49. The third-order valence-electron chi connectivity index (χ3n) is 3.30. The van der Waals surface area contributed by atoms with Gasteiger partial charge < -0.3 is 4.74 Å². The number of hydrogen-bond acceptors (Lipinski definition) is 3. The second kappa shape index (κ2) is 3.88. The summed E-state index contributed by atoms with van der Waals surface area (Å²) in [7, 11) is 0. The van der Waals surface area contributed by atoms with Crippen LogP contribution in [-0.2, 0) is 4.74 Å². The fraction of sp³-hybridized carbons (Fsp3) is 0.909. The van der Waals surface area contributed by atoms with Crippen LogP contribution in [0.4, 0.5) is 0 Å². The molecule has 1 heterocycles. The number of nitrogens with zero attached hydrogens (tertiary/aromatic N) is 1. The summed E-state index contributed by atoms with van der Waals surface area (Å²) in [4.78, 5) is 0. The highest BCUT2D eigenvalue weighted by Crippen LogP contribution is 2.27. The zero-order chi connectivity index (χ0) is 10.0. The molecule has 3 nitrogen and oxygen atoms in total. The Morgan fingerprint density at radius 3 is 2.64 bits per heavy atom. The maximum Gasteiger partial charge on any atom is 0.132 e. The van der Waals surface area contributed by atoms with Crippen LogP contribution in [0.15, 0.2) is 0 Å². The topological polar surface area (TPSA) is 45.0 Å². The Labute approximate surface area is 85.4 Å². The van der Waals surface area contributed by atoms with Gasteiger partial charge >= 0.3 is 0 Å². The molecule has 1 N–H and O–H groups in total. The predicted molar refractivity (Wildman–Crippen MR) is 53.8 cm³/mol. The summed E-state index contributed by atoms with van der Waals surface area (Å²) < 4.78 is 5.48. The molecule has 1 aliphatic heterocycles. The number of nitrogens with one attached hydrogen (secondary N) is 1. The van der Waals surface area contributed by atoms with E-state index >= 15 is 0 Å². The SMILES string of the molecule is CC1CC(C#N)(NC2CCCC2)CO1. The third kappa shape index (κ3) is 1.92. The zero-order valence-electron chi connectivity index (χ0n) is 8.75. The first-order valence-electron chi connectivity index (χ1n) is 5.55. The molecule has 0 aromatic rings. The van der Waals surface area contributed by atoms with Crippen molar-refractivity contribution in [1.29, 1.82) is 5.26 Å². The summed E-state index contributed by atoms with van der Waals surface area (Å²) >= 11 is 0. The van der Waals surface area contributed by atoms with Crippen LogP contribution in [0, 0.1) is 11.3 Å². The molecule has 0 spiro atoms. The van der Waals surface area contributed by atoms with E-state index in [0.717, 1.165) is 6.42 Å². The first-order chi connectivity index (χ1) is 6.74. The van der Waals surface area contributed by atoms with Gasteiger partial charge in [-0.1, -0.05) is 12.8 Å². The summed E-state index contributed by atoms with van der Waals surface area (Å²) in [6, 6.07) is 2.94. The third-order valence-corrected chi connectivity index (χ3v) is 3.30. The fourth-order valence-corrected chi connectivity index (χ4v) is 2.56. The molecule has 0 amide bonds. The van der Waals surface area contributed by atoms with Gasteiger partial charge in [0, 0.05) is 12.5 Å². The fourth-order valence-electron chi connectivity index (χ4n) is 2.56. The van der Waals surface area contributed by atoms with Crippen LogP contribution in [0.3, 0.4) is 0 Å². The van der Waals surface area contributed by atoms with E-state index in [1.165, 1.54) is 25.7 Å². The van der Waals surface area contributed by atoms with Gasteiger partial charge in [0.05, 0.1) is 18.8 Å². The minimum atomic E-state index is -0.394. The Hall–Kier alpha value is -0.590. The molecule has 2 atom stereocenters. The van der Waals surface area contributed by atoms with Crippen LogP contribution in [0.2, 0.25) is 0 Å². The monoisotopic (exact) mass is 194 g/mol. The van der Waals surface area contributed by atoms with E-state index in [9.17, 15) is 5.26 Å². The van der Waals surface area contributed by atoms with Gasteiger partial charge in [-0.25, -0.2) is 0 Å². The first kappa shape index (κ1) is 9.95. The minimum Gasteiger partial charge on any atom is -0.375 e. The summed E-state index contributed by atoms with van der Waals surface area (Å²) in [6.07, 6.45) is 6.10. The Bertz CT molecular complexity index is 242. The van der Waals surface area contributed by atoms with E-state index in [1.807, 2.05) is 6.92 Å². The van der Waals surface area contributed by atoms with Crippen LogP contribution < -0.4 is 5.32 Å². The van der Waals surface area contributed by atoms with Crippen molar-refractivity contribution < 1.29 is 4.74 Å². The molecule has 14 heavy (non-hydrogen) atoms. The lowest BCUT2D eigenvalue weighted by Gasteiger charge is -2.25. The lowest BCUT2D eigenvalue weighted by molar-refractivity contribution is 0.116. The van der Waals surface area contributed by atoms with E-state index in [4.69, 9.17) is 4.74 Å². The molecule has 1 saturated carbocycles.